The van der Waals surface area contributed by atoms with Crippen molar-refractivity contribution in [1.29, 1.82) is 5.26 Å². The van der Waals surface area contributed by atoms with Crippen molar-refractivity contribution in [2.24, 2.45) is 0 Å². The highest BCUT2D eigenvalue weighted by molar-refractivity contribution is 5.86. The molecule has 2 N–H and O–H groups in total. The molecule has 0 amide bonds. The SMILES string of the molecule is C=C(C)n1nc(-c2cn3nc(N)nc3c(-c3cccc(C(F)(F)F)c3)c2C)n(-c2ccc(C#N)cc2)c1=O. The summed E-state index contributed by atoms with van der Waals surface area (Å²) in [6.45, 7) is 7.13. The molecule has 0 atom stereocenters. The van der Waals surface area contributed by atoms with Crippen LogP contribution in [0.5, 0.6) is 0 Å². The third-order valence-electron chi connectivity index (χ3n) is 6.02. The summed E-state index contributed by atoms with van der Waals surface area (Å²) in [5.74, 6) is 0.108. The number of allylic oxidation sites excluding steroid dienone is 1. The zero-order valence-corrected chi connectivity index (χ0v) is 20.2. The summed E-state index contributed by atoms with van der Waals surface area (Å²) in [7, 11) is 0. The fourth-order valence-corrected chi connectivity index (χ4v) is 4.25. The van der Waals surface area contributed by atoms with Gasteiger partial charge in [0.05, 0.1) is 22.9 Å². The highest BCUT2D eigenvalue weighted by Crippen LogP contribution is 2.37. The number of hydrogen-bond donors (Lipinski definition) is 1. The summed E-state index contributed by atoms with van der Waals surface area (Å²) in [5, 5.41) is 17.8. The van der Waals surface area contributed by atoms with Crippen LogP contribution in [0.15, 0.2) is 66.1 Å². The molecule has 0 fully saturated rings. The molecule has 0 radical (unpaired) electrons. The molecule has 2 aromatic carbocycles. The lowest BCUT2D eigenvalue weighted by molar-refractivity contribution is -0.137. The summed E-state index contributed by atoms with van der Waals surface area (Å²) >= 11 is 0. The van der Waals surface area contributed by atoms with Gasteiger partial charge in [0, 0.05) is 23.0 Å². The molecule has 0 unspecified atom stereocenters. The van der Waals surface area contributed by atoms with Crippen molar-refractivity contribution < 1.29 is 13.2 Å². The van der Waals surface area contributed by atoms with Crippen molar-refractivity contribution >= 4 is 17.3 Å². The molecule has 190 valence electrons. The van der Waals surface area contributed by atoms with Gasteiger partial charge in [-0.3, -0.25) is 0 Å². The minimum absolute atomic E-state index is 0.0771. The molecule has 5 aromatic rings. The van der Waals surface area contributed by atoms with Crippen LogP contribution in [0.1, 0.15) is 23.6 Å². The van der Waals surface area contributed by atoms with Crippen LogP contribution in [0.25, 0.3) is 39.5 Å². The molecular formula is C26H19F3N8O. The van der Waals surface area contributed by atoms with Gasteiger partial charge in [-0.1, -0.05) is 18.7 Å². The Morgan fingerprint density at radius 2 is 1.84 bits per heavy atom. The van der Waals surface area contributed by atoms with Gasteiger partial charge in [0.25, 0.3) is 0 Å². The minimum atomic E-state index is -4.55. The van der Waals surface area contributed by atoms with Gasteiger partial charge < -0.3 is 5.73 Å². The van der Waals surface area contributed by atoms with Crippen LogP contribution in [-0.4, -0.2) is 28.9 Å². The van der Waals surface area contributed by atoms with E-state index in [0.717, 1.165) is 16.8 Å². The van der Waals surface area contributed by atoms with Crippen LogP contribution in [-0.2, 0) is 6.18 Å². The molecular weight excluding hydrogens is 497 g/mol. The molecule has 0 aliphatic heterocycles. The van der Waals surface area contributed by atoms with E-state index in [-0.39, 0.29) is 23.0 Å². The fraction of sp³-hybridized carbons (Fsp3) is 0.115. The Hall–Kier alpha value is -5.18. The number of nitriles is 1. The third kappa shape index (κ3) is 4.00. The highest BCUT2D eigenvalue weighted by Gasteiger charge is 2.31. The molecule has 0 spiro atoms. The van der Waals surface area contributed by atoms with E-state index >= 15 is 0 Å². The van der Waals surface area contributed by atoms with E-state index in [1.54, 1.807) is 44.3 Å². The highest BCUT2D eigenvalue weighted by atomic mass is 19.4. The maximum Gasteiger partial charge on any atom is 0.416 e. The third-order valence-corrected chi connectivity index (χ3v) is 6.02. The van der Waals surface area contributed by atoms with E-state index in [0.29, 0.717) is 33.6 Å². The van der Waals surface area contributed by atoms with Crippen LogP contribution < -0.4 is 11.4 Å². The van der Waals surface area contributed by atoms with Gasteiger partial charge in [-0.2, -0.15) is 28.1 Å². The first-order chi connectivity index (χ1) is 18.0. The average molecular weight is 516 g/mol. The van der Waals surface area contributed by atoms with Gasteiger partial charge in [-0.15, -0.1) is 10.2 Å². The molecule has 9 nitrogen and oxygen atoms in total. The Kier molecular flexibility index (Phi) is 5.64. The van der Waals surface area contributed by atoms with Gasteiger partial charge in [0.1, 0.15) is 0 Å². The zero-order chi connectivity index (χ0) is 27.4. The second-order valence-corrected chi connectivity index (χ2v) is 8.61. The summed E-state index contributed by atoms with van der Waals surface area (Å²) in [4.78, 5) is 17.6. The van der Waals surface area contributed by atoms with Crippen molar-refractivity contribution in [3.63, 3.8) is 0 Å². The number of rotatable bonds is 4. The number of pyridine rings is 1. The Labute approximate surface area is 213 Å². The van der Waals surface area contributed by atoms with Gasteiger partial charge >= 0.3 is 11.9 Å². The first-order valence-electron chi connectivity index (χ1n) is 11.2. The average Bonchev–Trinajstić information content (AvgIpc) is 3.42. The van der Waals surface area contributed by atoms with Crippen LogP contribution >= 0.6 is 0 Å². The van der Waals surface area contributed by atoms with Crippen LogP contribution in [0, 0.1) is 18.3 Å². The number of anilines is 1. The lowest BCUT2D eigenvalue weighted by Gasteiger charge is -2.15. The molecule has 5 rings (SSSR count). The number of benzene rings is 2. The van der Waals surface area contributed by atoms with E-state index in [1.807, 2.05) is 6.07 Å². The molecule has 38 heavy (non-hydrogen) atoms. The van der Waals surface area contributed by atoms with Gasteiger partial charge in [-0.05, 0) is 61.4 Å². The lowest BCUT2D eigenvalue weighted by Crippen LogP contribution is -2.22. The molecule has 0 aliphatic carbocycles. The van der Waals surface area contributed by atoms with Gasteiger partial charge in [0.2, 0.25) is 5.95 Å². The smallest absolute Gasteiger partial charge is 0.366 e. The molecule has 12 heteroatoms. The number of aromatic nitrogens is 6. The Morgan fingerprint density at radius 3 is 2.47 bits per heavy atom. The Bertz CT molecular complexity index is 1840. The number of alkyl halides is 3. The van der Waals surface area contributed by atoms with E-state index in [4.69, 9.17) is 11.0 Å². The Balaban J connectivity index is 1.85. The van der Waals surface area contributed by atoms with Crippen molar-refractivity contribution in [3.8, 4) is 34.3 Å². The van der Waals surface area contributed by atoms with E-state index in [2.05, 4.69) is 21.8 Å². The Morgan fingerprint density at radius 1 is 1.13 bits per heavy atom. The normalized spacial score (nSPS) is 11.6. The van der Waals surface area contributed by atoms with E-state index < -0.39 is 17.4 Å². The molecule has 0 bridgehead atoms. The van der Waals surface area contributed by atoms with Crippen LogP contribution in [0.2, 0.25) is 0 Å². The van der Waals surface area contributed by atoms with Crippen LogP contribution in [0.4, 0.5) is 19.1 Å². The number of fused-ring (bicyclic) bond motifs is 1. The maximum atomic E-state index is 13.5. The van der Waals surface area contributed by atoms with Gasteiger partial charge in [-0.25, -0.2) is 13.9 Å². The van der Waals surface area contributed by atoms with Crippen molar-refractivity contribution in [2.45, 2.75) is 20.0 Å². The van der Waals surface area contributed by atoms with E-state index in [1.165, 1.54) is 21.2 Å². The predicted octanol–water partition coefficient (Wildman–Crippen LogP) is 4.68. The first kappa shape index (κ1) is 24.5. The quantitative estimate of drug-likeness (QED) is 0.370. The van der Waals surface area contributed by atoms with Crippen molar-refractivity contribution in [3.05, 3.63) is 88.5 Å². The maximum absolute atomic E-state index is 13.5. The summed E-state index contributed by atoms with van der Waals surface area (Å²) < 4.78 is 44.4. The molecule has 0 saturated heterocycles. The monoisotopic (exact) mass is 516 g/mol. The van der Waals surface area contributed by atoms with Crippen molar-refractivity contribution in [1.82, 2.24) is 28.9 Å². The molecule has 3 aromatic heterocycles. The molecule has 0 aliphatic rings. The predicted molar refractivity (Wildman–Crippen MR) is 135 cm³/mol. The zero-order valence-electron chi connectivity index (χ0n) is 20.2. The van der Waals surface area contributed by atoms with E-state index in [9.17, 15) is 18.0 Å². The number of halogens is 3. The number of nitrogens with two attached hydrogens (primary N) is 1. The van der Waals surface area contributed by atoms with Gasteiger partial charge in [0.15, 0.2) is 11.5 Å². The summed E-state index contributed by atoms with van der Waals surface area (Å²) in [5.41, 5.74) is 7.42. The second-order valence-electron chi connectivity index (χ2n) is 8.61. The standard InChI is InChI=1S/C26H19F3N8O/c1-14(2)37-25(38)36(19-9-7-16(12-30)8-10-19)22(33-37)20-13-35-23(32-24(31)34-35)21(15(20)3)17-5-4-6-18(11-17)26(27,28)29/h4-11,13H,1H2,2-3H3,(H2,31,34). The summed E-state index contributed by atoms with van der Waals surface area (Å²) in [6.07, 6.45) is -2.99. The van der Waals surface area contributed by atoms with Crippen molar-refractivity contribution in [2.75, 3.05) is 5.73 Å². The number of nitrogens with zero attached hydrogens (tertiary/aromatic N) is 7. The lowest BCUT2D eigenvalue weighted by atomic mass is 9.96. The number of hydrogen-bond acceptors (Lipinski definition) is 6. The first-order valence-corrected chi connectivity index (χ1v) is 11.2. The molecule has 0 saturated carbocycles. The summed E-state index contributed by atoms with van der Waals surface area (Å²) in [6, 6.07) is 13.2. The van der Waals surface area contributed by atoms with Crippen LogP contribution in [0.3, 0.4) is 0 Å². The minimum Gasteiger partial charge on any atom is -0.366 e. The largest absolute Gasteiger partial charge is 0.416 e. The second kappa shape index (κ2) is 8.74. The number of nitrogen functional groups attached to an aromatic ring is 1. The molecule has 3 heterocycles. The fourth-order valence-electron chi connectivity index (χ4n) is 4.25. The topological polar surface area (TPSA) is 120 Å².